The van der Waals surface area contributed by atoms with Crippen LogP contribution in [0.15, 0.2) is 12.2 Å². The van der Waals surface area contributed by atoms with E-state index in [-0.39, 0.29) is 24.0 Å². The highest BCUT2D eigenvalue weighted by molar-refractivity contribution is 6.17. The summed E-state index contributed by atoms with van der Waals surface area (Å²) >= 11 is 5.38. The Hall–Kier alpha value is -0.830. The first-order valence-electron chi connectivity index (χ1n) is 8.02. The molecule has 0 aromatic carbocycles. The third-order valence-electron chi connectivity index (χ3n) is 3.71. The lowest BCUT2D eigenvalue weighted by Crippen LogP contribution is -2.17. The fourth-order valence-corrected chi connectivity index (χ4v) is 2.71. The van der Waals surface area contributed by atoms with Crippen LogP contribution in [0, 0.1) is 11.8 Å². The van der Waals surface area contributed by atoms with Crippen LogP contribution in [-0.4, -0.2) is 22.7 Å². The number of rotatable bonds is 8. The molecule has 0 spiro atoms. The van der Waals surface area contributed by atoms with Crippen molar-refractivity contribution >= 4 is 23.4 Å². The van der Waals surface area contributed by atoms with Crippen molar-refractivity contribution < 1.29 is 14.7 Å². The number of halogens is 1. The monoisotopic (exact) mass is 316 g/mol. The summed E-state index contributed by atoms with van der Waals surface area (Å²) < 4.78 is 0. The summed E-state index contributed by atoms with van der Waals surface area (Å²) in [4.78, 5) is 22.1. The third kappa shape index (κ3) is 9.67. The second-order valence-corrected chi connectivity index (χ2v) is 5.86. The summed E-state index contributed by atoms with van der Waals surface area (Å²) in [6.07, 6.45) is 10.9. The maximum atomic E-state index is 11.5. The molecule has 0 saturated heterocycles. The average molecular weight is 317 g/mol. The fourth-order valence-electron chi connectivity index (χ4n) is 2.52. The molecule has 21 heavy (non-hydrogen) atoms. The Morgan fingerprint density at radius 2 is 2.05 bits per heavy atom. The smallest absolute Gasteiger partial charge is 0.303 e. The number of unbranched alkanes of at least 4 members (excludes halogenated alkanes) is 2. The minimum Gasteiger partial charge on any atom is -0.481 e. The van der Waals surface area contributed by atoms with Gasteiger partial charge in [-0.1, -0.05) is 38.8 Å². The van der Waals surface area contributed by atoms with Gasteiger partial charge < -0.3 is 5.11 Å². The average Bonchev–Trinajstić information content (AvgIpc) is 2.78. The zero-order valence-corrected chi connectivity index (χ0v) is 14.1. The number of carbonyl (C=O) groups excluding carboxylic acids is 1. The number of carboxylic acids is 1. The molecular weight excluding hydrogens is 288 g/mol. The summed E-state index contributed by atoms with van der Waals surface area (Å²) in [5.74, 6) is 0.273. The zero-order chi connectivity index (χ0) is 16.1. The second-order valence-electron chi connectivity index (χ2n) is 5.48. The molecule has 0 bridgehead atoms. The van der Waals surface area contributed by atoms with Gasteiger partial charge in [0.15, 0.2) is 0 Å². The Morgan fingerprint density at radius 1 is 1.33 bits per heavy atom. The maximum absolute atomic E-state index is 11.5. The number of allylic oxidation sites excluding steroid dienone is 2. The van der Waals surface area contributed by atoms with Gasteiger partial charge in [0.1, 0.15) is 5.78 Å². The van der Waals surface area contributed by atoms with Crippen LogP contribution in [0.4, 0.5) is 0 Å². The van der Waals surface area contributed by atoms with E-state index in [2.05, 4.69) is 6.92 Å². The van der Waals surface area contributed by atoms with E-state index < -0.39 is 5.97 Å². The normalized spacial score (nSPS) is 21.4. The molecule has 0 aromatic heterocycles. The van der Waals surface area contributed by atoms with Crippen molar-refractivity contribution in [2.45, 2.75) is 65.2 Å². The second kappa shape index (κ2) is 12.9. The van der Waals surface area contributed by atoms with Crippen molar-refractivity contribution in [3.05, 3.63) is 12.2 Å². The first-order chi connectivity index (χ1) is 10.1. The topological polar surface area (TPSA) is 54.4 Å². The van der Waals surface area contributed by atoms with Gasteiger partial charge in [0.2, 0.25) is 0 Å². The third-order valence-corrected chi connectivity index (χ3v) is 3.98. The summed E-state index contributed by atoms with van der Waals surface area (Å²) in [6.45, 7) is 4.22. The van der Waals surface area contributed by atoms with Gasteiger partial charge in [-0.2, -0.15) is 0 Å². The number of hydrogen-bond acceptors (Lipinski definition) is 2. The predicted octanol–water partition coefficient (Wildman–Crippen LogP) is 4.83. The van der Waals surface area contributed by atoms with Crippen molar-refractivity contribution in [3.63, 3.8) is 0 Å². The molecule has 4 heteroatoms. The molecule has 1 aliphatic carbocycles. The van der Waals surface area contributed by atoms with Gasteiger partial charge in [0.25, 0.3) is 0 Å². The highest BCUT2D eigenvalue weighted by Gasteiger charge is 2.34. The number of aliphatic carboxylic acids is 1. The molecule has 0 unspecified atom stereocenters. The SMILES string of the molecule is CC/C=C\C[C@@H]1C(=O)CC[C@H]1CC(=O)O.CCCCCCl. The molecule has 122 valence electrons. The van der Waals surface area contributed by atoms with E-state index in [1.165, 1.54) is 19.3 Å². The van der Waals surface area contributed by atoms with Crippen LogP contribution in [0.1, 0.15) is 65.2 Å². The quantitative estimate of drug-likeness (QED) is 0.396. The molecule has 0 aromatic rings. The molecule has 1 saturated carbocycles. The Bertz CT molecular complexity index is 322. The number of Topliss-reactive ketones (excluding diaryl/α,β-unsaturated/α-hetero) is 1. The number of carboxylic acid groups (broad SMARTS) is 1. The van der Waals surface area contributed by atoms with E-state index in [9.17, 15) is 9.59 Å². The summed E-state index contributed by atoms with van der Waals surface area (Å²) in [6, 6.07) is 0. The molecule has 0 heterocycles. The molecule has 1 aliphatic rings. The minimum absolute atomic E-state index is 0.0519. The van der Waals surface area contributed by atoms with Crippen LogP contribution in [0.5, 0.6) is 0 Å². The van der Waals surface area contributed by atoms with Crippen LogP contribution in [0.2, 0.25) is 0 Å². The molecule has 1 fully saturated rings. The Labute approximate surface area is 133 Å². The molecule has 0 radical (unpaired) electrons. The number of hydrogen-bond donors (Lipinski definition) is 1. The van der Waals surface area contributed by atoms with Crippen LogP contribution in [0.3, 0.4) is 0 Å². The van der Waals surface area contributed by atoms with Crippen LogP contribution < -0.4 is 0 Å². The van der Waals surface area contributed by atoms with Gasteiger partial charge in [-0.3, -0.25) is 9.59 Å². The molecule has 3 nitrogen and oxygen atoms in total. The van der Waals surface area contributed by atoms with Gasteiger partial charge in [0.05, 0.1) is 0 Å². The standard InChI is InChI=1S/C12H18O3.C5H11Cl/c1-2-3-4-5-10-9(8-12(14)15)6-7-11(10)13;1-2-3-4-5-6/h3-4,9-10H,2,5-8H2,1H3,(H,14,15);2-5H2,1H3/b4-3-;/t9-,10-;/m0./s1. The Kier molecular flexibility index (Phi) is 12.4. The summed E-state index contributed by atoms with van der Waals surface area (Å²) in [7, 11) is 0. The van der Waals surface area contributed by atoms with Gasteiger partial charge in [-0.25, -0.2) is 0 Å². The van der Waals surface area contributed by atoms with E-state index in [4.69, 9.17) is 16.7 Å². The lowest BCUT2D eigenvalue weighted by atomic mass is 9.89. The highest BCUT2D eigenvalue weighted by Crippen LogP contribution is 2.33. The largest absolute Gasteiger partial charge is 0.481 e. The molecular formula is C17H29ClO3. The van der Waals surface area contributed by atoms with Crippen molar-refractivity contribution in [3.8, 4) is 0 Å². The number of alkyl halides is 1. The van der Waals surface area contributed by atoms with Crippen LogP contribution >= 0.6 is 11.6 Å². The molecule has 1 N–H and O–H groups in total. The molecule has 1 rings (SSSR count). The van der Waals surface area contributed by atoms with Crippen molar-refractivity contribution in [1.82, 2.24) is 0 Å². The fraction of sp³-hybridized carbons (Fsp3) is 0.765. The highest BCUT2D eigenvalue weighted by atomic mass is 35.5. The van der Waals surface area contributed by atoms with Crippen molar-refractivity contribution in [2.24, 2.45) is 11.8 Å². The lowest BCUT2D eigenvalue weighted by Gasteiger charge is -2.14. The summed E-state index contributed by atoms with van der Waals surface area (Å²) in [5, 5.41) is 8.72. The van der Waals surface area contributed by atoms with Crippen LogP contribution in [0.25, 0.3) is 0 Å². The van der Waals surface area contributed by atoms with E-state index >= 15 is 0 Å². The first-order valence-corrected chi connectivity index (χ1v) is 8.55. The van der Waals surface area contributed by atoms with Gasteiger partial charge in [-0.15, -0.1) is 11.6 Å². The van der Waals surface area contributed by atoms with Gasteiger partial charge >= 0.3 is 5.97 Å². The Balaban J connectivity index is 0.000000567. The molecule has 0 aliphatic heterocycles. The summed E-state index contributed by atoms with van der Waals surface area (Å²) in [5.41, 5.74) is 0. The first kappa shape index (κ1) is 20.2. The van der Waals surface area contributed by atoms with E-state index in [0.29, 0.717) is 12.8 Å². The molecule has 0 amide bonds. The van der Waals surface area contributed by atoms with E-state index in [1.807, 2.05) is 19.1 Å². The van der Waals surface area contributed by atoms with Crippen LogP contribution in [-0.2, 0) is 9.59 Å². The number of carbonyl (C=O) groups is 2. The number of ketones is 1. The van der Waals surface area contributed by atoms with E-state index in [1.54, 1.807) is 0 Å². The van der Waals surface area contributed by atoms with Gasteiger partial charge in [0, 0.05) is 24.6 Å². The van der Waals surface area contributed by atoms with E-state index in [0.717, 1.165) is 18.7 Å². The Morgan fingerprint density at radius 3 is 2.52 bits per heavy atom. The minimum atomic E-state index is -0.792. The predicted molar refractivity (Wildman–Crippen MR) is 87.8 cm³/mol. The van der Waals surface area contributed by atoms with Crippen molar-refractivity contribution in [1.29, 1.82) is 0 Å². The lowest BCUT2D eigenvalue weighted by molar-refractivity contribution is -0.138. The van der Waals surface area contributed by atoms with Gasteiger partial charge in [-0.05, 0) is 31.6 Å². The van der Waals surface area contributed by atoms with Crippen molar-refractivity contribution in [2.75, 3.05) is 5.88 Å². The maximum Gasteiger partial charge on any atom is 0.303 e. The molecule has 2 atom stereocenters. The zero-order valence-electron chi connectivity index (χ0n) is 13.3.